The third kappa shape index (κ3) is 15.7. The summed E-state index contributed by atoms with van der Waals surface area (Å²) in [4.78, 5) is 0. The van der Waals surface area contributed by atoms with Gasteiger partial charge in [-0.15, -0.1) is 0 Å². The van der Waals surface area contributed by atoms with Gasteiger partial charge in [-0.05, 0) is 26.3 Å². The van der Waals surface area contributed by atoms with Gasteiger partial charge in [0, 0.05) is 19.8 Å². The highest BCUT2D eigenvalue weighted by atomic mass is 16.6. The molecular weight excluding hydrogens is 246 g/mol. The number of hydrogen-bond acceptors (Lipinski definition) is 5. The minimum absolute atomic E-state index is 0.578. The van der Waals surface area contributed by atoms with Crippen LogP contribution < -0.4 is 5.32 Å². The Kier molecular flexibility index (Phi) is 15.7. The Morgan fingerprint density at radius 1 is 0.842 bits per heavy atom. The highest BCUT2D eigenvalue weighted by Crippen LogP contribution is 1.96. The normalized spacial score (nSPS) is 12.8. The van der Waals surface area contributed by atoms with Crippen LogP contribution in [0.4, 0.5) is 0 Å². The van der Waals surface area contributed by atoms with Crippen LogP contribution in [-0.4, -0.2) is 65.9 Å². The maximum absolute atomic E-state index is 5.49. The van der Waals surface area contributed by atoms with Gasteiger partial charge in [0.05, 0.1) is 39.6 Å². The zero-order chi connectivity index (χ0) is 14.2. The molecule has 0 saturated carbocycles. The molecule has 0 amide bonds. The van der Waals surface area contributed by atoms with Crippen molar-refractivity contribution in [3.63, 3.8) is 0 Å². The topological polar surface area (TPSA) is 49.0 Å². The summed E-state index contributed by atoms with van der Waals surface area (Å²) in [6.07, 6.45) is 2.25. The van der Waals surface area contributed by atoms with E-state index in [1.807, 2.05) is 0 Å². The molecule has 5 heteroatoms. The van der Waals surface area contributed by atoms with E-state index in [0.717, 1.165) is 26.0 Å². The van der Waals surface area contributed by atoms with E-state index in [1.165, 1.54) is 0 Å². The van der Waals surface area contributed by atoms with E-state index < -0.39 is 0 Å². The van der Waals surface area contributed by atoms with Crippen LogP contribution in [-0.2, 0) is 18.9 Å². The molecule has 0 spiro atoms. The fourth-order valence-electron chi connectivity index (χ4n) is 1.63. The van der Waals surface area contributed by atoms with Crippen LogP contribution in [0.5, 0.6) is 0 Å². The highest BCUT2D eigenvalue weighted by Gasteiger charge is 1.98. The van der Waals surface area contributed by atoms with E-state index in [4.69, 9.17) is 18.9 Å². The molecule has 0 aliphatic rings. The van der Waals surface area contributed by atoms with Gasteiger partial charge in [-0.3, -0.25) is 0 Å². The molecule has 1 atom stereocenters. The first-order valence-corrected chi connectivity index (χ1v) is 7.26. The maximum atomic E-state index is 5.49. The molecule has 1 N–H and O–H groups in total. The fraction of sp³-hybridized carbons (Fsp3) is 1.00. The van der Waals surface area contributed by atoms with Crippen LogP contribution in [0.3, 0.4) is 0 Å². The second-order valence-electron chi connectivity index (χ2n) is 4.43. The smallest absolute Gasteiger partial charge is 0.0701 e. The highest BCUT2D eigenvalue weighted by molar-refractivity contribution is 4.58. The summed E-state index contributed by atoms with van der Waals surface area (Å²) in [5.41, 5.74) is 0. The Hall–Kier alpha value is -0.200. The predicted molar refractivity (Wildman–Crippen MR) is 76.7 cm³/mol. The molecule has 0 bridgehead atoms. The summed E-state index contributed by atoms with van der Waals surface area (Å²) in [7, 11) is 1.66. The monoisotopic (exact) mass is 277 g/mol. The zero-order valence-electron chi connectivity index (χ0n) is 12.8. The molecule has 0 fully saturated rings. The van der Waals surface area contributed by atoms with Gasteiger partial charge in [-0.1, -0.05) is 6.92 Å². The van der Waals surface area contributed by atoms with Gasteiger partial charge < -0.3 is 24.3 Å². The molecule has 1 unspecified atom stereocenters. The quantitative estimate of drug-likeness (QED) is 0.459. The van der Waals surface area contributed by atoms with Crippen molar-refractivity contribution in [1.29, 1.82) is 0 Å². The van der Waals surface area contributed by atoms with Crippen LogP contribution in [0.25, 0.3) is 0 Å². The Balaban J connectivity index is 2.99. The third-order valence-electron chi connectivity index (χ3n) is 2.65. The predicted octanol–water partition coefficient (Wildman–Crippen LogP) is 1.46. The van der Waals surface area contributed by atoms with Crippen molar-refractivity contribution < 1.29 is 18.9 Å². The van der Waals surface area contributed by atoms with Gasteiger partial charge in [0.2, 0.25) is 0 Å². The molecular formula is C14H31NO4. The van der Waals surface area contributed by atoms with Crippen LogP contribution in [0, 0.1) is 0 Å². The van der Waals surface area contributed by atoms with Crippen molar-refractivity contribution in [2.24, 2.45) is 0 Å². The summed E-state index contributed by atoms with van der Waals surface area (Å²) >= 11 is 0. The Morgan fingerprint density at radius 2 is 1.37 bits per heavy atom. The average molecular weight is 277 g/mol. The lowest BCUT2D eigenvalue weighted by Crippen LogP contribution is -2.25. The van der Waals surface area contributed by atoms with Crippen molar-refractivity contribution in [3.05, 3.63) is 0 Å². The van der Waals surface area contributed by atoms with Crippen molar-refractivity contribution >= 4 is 0 Å². The summed E-state index contributed by atoms with van der Waals surface area (Å²) in [5.74, 6) is 0. The summed E-state index contributed by atoms with van der Waals surface area (Å²) in [5, 5.41) is 3.38. The lowest BCUT2D eigenvalue weighted by atomic mass is 10.2. The molecule has 0 heterocycles. The van der Waals surface area contributed by atoms with Gasteiger partial charge >= 0.3 is 0 Å². The minimum atomic E-state index is 0.578. The van der Waals surface area contributed by atoms with Gasteiger partial charge in [0.15, 0.2) is 0 Å². The number of rotatable bonds is 15. The molecule has 0 saturated heterocycles. The van der Waals surface area contributed by atoms with E-state index >= 15 is 0 Å². The molecule has 116 valence electrons. The van der Waals surface area contributed by atoms with E-state index in [0.29, 0.717) is 45.7 Å². The minimum Gasteiger partial charge on any atom is -0.382 e. The van der Waals surface area contributed by atoms with Crippen molar-refractivity contribution in [3.8, 4) is 0 Å². The van der Waals surface area contributed by atoms with Crippen molar-refractivity contribution in [2.75, 3.05) is 59.9 Å². The second-order valence-corrected chi connectivity index (χ2v) is 4.43. The van der Waals surface area contributed by atoms with E-state index in [9.17, 15) is 0 Å². The Morgan fingerprint density at radius 3 is 1.89 bits per heavy atom. The molecule has 0 aliphatic carbocycles. The van der Waals surface area contributed by atoms with Gasteiger partial charge in [-0.2, -0.15) is 0 Å². The third-order valence-corrected chi connectivity index (χ3v) is 2.65. The Bertz CT molecular complexity index is 170. The zero-order valence-corrected chi connectivity index (χ0v) is 12.8. The first kappa shape index (κ1) is 18.8. The maximum Gasteiger partial charge on any atom is 0.0701 e. The summed E-state index contributed by atoms with van der Waals surface area (Å²) in [6.45, 7) is 9.96. The van der Waals surface area contributed by atoms with Gasteiger partial charge in [0.25, 0.3) is 0 Å². The number of hydrogen-bond donors (Lipinski definition) is 1. The Labute approximate surface area is 117 Å². The van der Waals surface area contributed by atoms with Gasteiger partial charge in [0.1, 0.15) is 0 Å². The lowest BCUT2D eigenvalue weighted by Gasteiger charge is -2.11. The second kappa shape index (κ2) is 15.9. The number of ether oxygens (including phenoxy) is 4. The standard InChI is InChI=1S/C14H31NO4/c1-4-15-14(2)6-5-7-17-10-11-19-13-12-18-9-8-16-3/h14-15H,4-13H2,1-3H3. The molecule has 5 nitrogen and oxygen atoms in total. The van der Waals surface area contributed by atoms with E-state index in [-0.39, 0.29) is 0 Å². The largest absolute Gasteiger partial charge is 0.382 e. The first-order chi connectivity index (χ1) is 9.31. The van der Waals surface area contributed by atoms with E-state index in [1.54, 1.807) is 7.11 Å². The summed E-state index contributed by atoms with van der Waals surface area (Å²) < 4.78 is 21.0. The van der Waals surface area contributed by atoms with Crippen molar-refractivity contribution in [1.82, 2.24) is 5.32 Å². The molecule has 0 aromatic rings. The van der Waals surface area contributed by atoms with Crippen LogP contribution >= 0.6 is 0 Å². The number of nitrogens with one attached hydrogen (secondary N) is 1. The average Bonchev–Trinajstić information content (AvgIpc) is 2.40. The molecule has 0 aliphatic heterocycles. The molecule has 19 heavy (non-hydrogen) atoms. The van der Waals surface area contributed by atoms with Crippen LogP contribution in [0.2, 0.25) is 0 Å². The first-order valence-electron chi connectivity index (χ1n) is 7.26. The van der Waals surface area contributed by atoms with Crippen molar-refractivity contribution in [2.45, 2.75) is 32.7 Å². The number of methoxy groups -OCH3 is 1. The molecule has 0 rings (SSSR count). The molecule has 0 aromatic carbocycles. The van der Waals surface area contributed by atoms with Crippen LogP contribution in [0.1, 0.15) is 26.7 Å². The summed E-state index contributed by atoms with van der Waals surface area (Å²) in [6, 6.07) is 0.578. The lowest BCUT2D eigenvalue weighted by molar-refractivity contribution is 0.00312. The molecule has 0 radical (unpaired) electrons. The molecule has 0 aromatic heterocycles. The van der Waals surface area contributed by atoms with Crippen LogP contribution in [0.15, 0.2) is 0 Å². The fourth-order valence-corrected chi connectivity index (χ4v) is 1.63. The SMILES string of the molecule is CCNC(C)CCCOCCOCCOCCOC. The van der Waals surface area contributed by atoms with E-state index in [2.05, 4.69) is 19.2 Å². The van der Waals surface area contributed by atoms with Gasteiger partial charge in [-0.25, -0.2) is 0 Å².